The van der Waals surface area contributed by atoms with E-state index in [-0.39, 0.29) is 5.91 Å². The van der Waals surface area contributed by atoms with E-state index in [1.807, 2.05) is 30.8 Å². The van der Waals surface area contributed by atoms with Gasteiger partial charge in [-0.25, -0.2) is 0 Å². The summed E-state index contributed by atoms with van der Waals surface area (Å²) in [6, 6.07) is 5.42. The highest BCUT2D eigenvalue weighted by molar-refractivity contribution is 8.00. The first-order chi connectivity index (χ1) is 9.10. The summed E-state index contributed by atoms with van der Waals surface area (Å²) in [6.45, 7) is 3.45. The lowest BCUT2D eigenvalue weighted by atomic mass is 10.1. The average Bonchev–Trinajstić information content (AvgIpc) is 3.18. The van der Waals surface area contributed by atoms with Gasteiger partial charge in [0.25, 0.3) is 5.91 Å². The summed E-state index contributed by atoms with van der Waals surface area (Å²) < 4.78 is 0.394. The molecule has 1 aromatic carbocycles. The van der Waals surface area contributed by atoms with Crippen LogP contribution in [0.5, 0.6) is 0 Å². The molecule has 0 heterocycles. The first-order valence-electron chi connectivity index (χ1n) is 6.57. The molecule has 5 heteroatoms. The topological polar surface area (TPSA) is 67.2 Å². The van der Waals surface area contributed by atoms with Gasteiger partial charge in [0.1, 0.15) is 0 Å². The number of nitrogens with one attached hydrogen (secondary N) is 2. The Hall–Kier alpha value is -1.36. The van der Waals surface area contributed by atoms with Gasteiger partial charge in [0.2, 0.25) is 0 Å². The van der Waals surface area contributed by atoms with Gasteiger partial charge in [-0.05, 0) is 44.2 Å². The van der Waals surface area contributed by atoms with Crippen molar-refractivity contribution in [3.8, 4) is 0 Å². The molecule has 4 nitrogen and oxygen atoms in total. The van der Waals surface area contributed by atoms with Gasteiger partial charge in [0.05, 0.1) is 11.4 Å². The summed E-state index contributed by atoms with van der Waals surface area (Å²) in [5.74, 6) is -0.0801. The number of nitrogens with two attached hydrogens (primary N) is 1. The molecule has 1 saturated carbocycles. The number of rotatable bonds is 6. The van der Waals surface area contributed by atoms with Gasteiger partial charge in [-0.15, -0.1) is 0 Å². The molecule has 0 radical (unpaired) electrons. The predicted octanol–water partition coefficient (Wildman–Crippen LogP) is 2.33. The summed E-state index contributed by atoms with van der Waals surface area (Å²) in [7, 11) is 0. The fourth-order valence-corrected chi connectivity index (χ4v) is 2.70. The fourth-order valence-electron chi connectivity index (χ4n) is 1.98. The lowest BCUT2D eigenvalue weighted by Crippen LogP contribution is -2.23. The molecule has 4 N–H and O–H groups in total. The second-order valence-corrected chi connectivity index (χ2v) is 6.18. The molecule has 0 spiro atoms. The first kappa shape index (κ1) is 14.1. The largest absolute Gasteiger partial charge is 0.397 e. The maximum Gasteiger partial charge on any atom is 0.251 e. The number of nitrogen functional groups attached to an aromatic ring is 1. The zero-order chi connectivity index (χ0) is 13.9. The number of carbonyl (C=O) groups excluding carboxylic acids is 1. The van der Waals surface area contributed by atoms with E-state index < -0.39 is 0 Å². The van der Waals surface area contributed by atoms with Crippen molar-refractivity contribution in [2.45, 2.75) is 24.5 Å². The molecule has 0 aromatic heterocycles. The van der Waals surface area contributed by atoms with Crippen LogP contribution in [0, 0.1) is 0 Å². The van der Waals surface area contributed by atoms with Crippen LogP contribution in [0.2, 0.25) is 0 Å². The number of anilines is 2. The third-order valence-corrected chi connectivity index (χ3v) is 4.91. The maximum atomic E-state index is 11.7. The molecule has 104 valence electrons. The van der Waals surface area contributed by atoms with Crippen LogP contribution in [0.25, 0.3) is 0 Å². The van der Waals surface area contributed by atoms with Gasteiger partial charge in [-0.3, -0.25) is 4.79 Å². The van der Waals surface area contributed by atoms with Gasteiger partial charge >= 0.3 is 0 Å². The van der Waals surface area contributed by atoms with E-state index in [2.05, 4.69) is 16.9 Å². The molecule has 1 aliphatic rings. The molecule has 0 atom stereocenters. The van der Waals surface area contributed by atoms with E-state index in [1.54, 1.807) is 6.07 Å². The SMILES string of the molecule is CCNC(=O)c1ccc(NCC2(SC)CC2)c(N)c1. The quantitative estimate of drug-likeness (QED) is 0.699. The highest BCUT2D eigenvalue weighted by Gasteiger charge is 2.41. The van der Waals surface area contributed by atoms with Gasteiger partial charge in [0, 0.05) is 23.4 Å². The van der Waals surface area contributed by atoms with E-state index in [0.717, 1.165) is 12.2 Å². The van der Waals surface area contributed by atoms with Crippen molar-refractivity contribution in [1.82, 2.24) is 5.32 Å². The van der Waals surface area contributed by atoms with E-state index in [9.17, 15) is 4.79 Å². The molecular weight excluding hydrogens is 258 g/mol. The summed E-state index contributed by atoms with van der Waals surface area (Å²) in [6.07, 6.45) is 4.67. The smallest absolute Gasteiger partial charge is 0.251 e. The number of benzene rings is 1. The number of carbonyl (C=O) groups is 1. The minimum absolute atomic E-state index is 0.0801. The summed E-state index contributed by atoms with van der Waals surface area (Å²) in [5, 5.41) is 6.15. The van der Waals surface area contributed by atoms with Crippen molar-refractivity contribution in [2.24, 2.45) is 0 Å². The second kappa shape index (κ2) is 5.74. The third-order valence-electron chi connectivity index (χ3n) is 3.49. The molecule has 0 bridgehead atoms. The van der Waals surface area contributed by atoms with Crippen LogP contribution in [0.15, 0.2) is 18.2 Å². The highest BCUT2D eigenvalue weighted by Crippen LogP contribution is 2.47. The van der Waals surface area contributed by atoms with Gasteiger partial charge in [-0.1, -0.05) is 0 Å². The van der Waals surface area contributed by atoms with E-state index in [1.165, 1.54) is 12.8 Å². The standard InChI is InChI=1S/C14H21N3OS/c1-3-16-13(18)10-4-5-12(11(15)8-10)17-9-14(19-2)6-7-14/h4-5,8,17H,3,6-7,9,15H2,1-2H3,(H,16,18). The second-order valence-electron chi connectivity index (χ2n) is 4.90. The van der Waals surface area contributed by atoms with Crippen LogP contribution < -0.4 is 16.4 Å². The Morgan fingerprint density at radius 3 is 2.74 bits per heavy atom. The molecule has 0 aliphatic heterocycles. The average molecular weight is 279 g/mol. The Kier molecular flexibility index (Phi) is 4.24. The molecule has 0 saturated heterocycles. The van der Waals surface area contributed by atoms with Gasteiger partial charge < -0.3 is 16.4 Å². The Balaban J connectivity index is 2.01. The number of amides is 1. The summed E-state index contributed by atoms with van der Waals surface area (Å²) >= 11 is 1.91. The minimum atomic E-state index is -0.0801. The Labute approximate surface area is 118 Å². The molecule has 1 fully saturated rings. The Morgan fingerprint density at radius 2 is 2.21 bits per heavy atom. The van der Waals surface area contributed by atoms with Crippen molar-refractivity contribution in [2.75, 3.05) is 30.4 Å². The molecular formula is C14H21N3OS. The van der Waals surface area contributed by atoms with E-state index in [4.69, 9.17) is 5.73 Å². The Bertz CT molecular complexity index is 472. The number of hydrogen-bond donors (Lipinski definition) is 3. The number of thioether (sulfide) groups is 1. The molecule has 1 aliphatic carbocycles. The van der Waals surface area contributed by atoms with Crippen molar-refractivity contribution < 1.29 is 4.79 Å². The summed E-state index contributed by atoms with van der Waals surface area (Å²) in [4.78, 5) is 11.7. The minimum Gasteiger partial charge on any atom is -0.397 e. The maximum absolute atomic E-state index is 11.7. The highest BCUT2D eigenvalue weighted by atomic mass is 32.2. The fraction of sp³-hybridized carbons (Fsp3) is 0.500. The van der Waals surface area contributed by atoms with E-state index in [0.29, 0.717) is 22.5 Å². The predicted molar refractivity (Wildman–Crippen MR) is 82.8 cm³/mol. The van der Waals surface area contributed by atoms with Crippen molar-refractivity contribution in [3.05, 3.63) is 23.8 Å². The first-order valence-corrected chi connectivity index (χ1v) is 7.79. The molecule has 2 rings (SSSR count). The van der Waals surface area contributed by atoms with Crippen LogP contribution in [-0.4, -0.2) is 30.0 Å². The van der Waals surface area contributed by atoms with Gasteiger partial charge in [0.15, 0.2) is 0 Å². The molecule has 19 heavy (non-hydrogen) atoms. The normalized spacial score (nSPS) is 15.9. The zero-order valence-electron chi connectivity index (χ0n) is 11.5. The number of hydrogen-bond acceptors (Lipinski definition) is 4. The van der Waals surface area contributed by atoms with Crippen LogP contribution in [0.1, 0.15) is 30.1 Å². The van der Waals surface area contributed by atoms with Crippen LogP contribution in [0.3, 0.4) is 0 Å². The van der Waals surface area contributed by atoms with Crippen LogP contribution >= 0.6 is 11.8 Å². The van der Waals surface area contributed by atoms with E-state index >= 15 is 0 Å². The lowest BCUT2D eigenvalue weighted by molar-refractivity contribution is 0.0956. The van der Waals surface area contributed by atoms with Crippen LogP contribution in [0.4, 0.5) is 11.4 Å². The van der Waals surface area contributed by atoms with Crippen molar-refractivity contribution in [1.29, 1.82) is 0 Å². The monoisotopic (exact) mass is 279 g/mol. The lowest BCUT2D eigenvalue weighted by Gasteiger charge is -2.16. The zero-order valence-corrected chi connectivity index (χ0v) is 12.3. The Morgan fingerprint density at radius 1 is 1.47 bits per heavy atom. The molecule has 1 aromatic rings. The molecule has 1 amide bonds. The molecule has 0 unspecified atom stereocenters. The van der Waals surface area contributed by atoms with Crippen LogP contribution in [-0.2, 0) is 0 Å². The van der Waals surface area contributed by atoms with Gasteiger partial charge in [-0.2, -0.15) is 11.8 Å². The third kappa shape index (κ3) is 3.35. The van der Waals surface area contributed by atoms with Crippen molar-refractivity contribution in [3.63, 3.8) is 0 Å². The van der Waals surface area contributed by atoms with Crippen molar-refractivity contribution >= 4 is 29.0 Å². The summed E-state index contributed by atoms with van der Waals surface area (Å²) in [5.41, 5.74) is 8.14.